The maximum Gasteiger partial charge on any atom is 0.321 e. The van der Waals surface area contributed by atoms with E-state index in [1.165, 1.54) is 0 Å². The van der Waals surface area contributed by atoms with E-state index in [-0.39, 0.29) is 12.1 Å². The molecular weight excluding hydrogens is 292 g/mol. The molecule has 7 heteroatoms. The van der Waals surface area contributed by atoms with Crippen LogP contribution >= 0.6 is 0 Å². The summed E-state index contributed by atoms with van der Waals surface area (Å²) in [6.07, 6.45) is 5.40. The van der Waals surface area contributed by atoms with Gasteiger partial charge in [0.15, 0.2) is 0 Å². The van der Waals surface area contributed by atoms with E-state index in [1.807, 2.05) is 41.8 Å². The molecule has 23 heavy (non-hydrogen) atoms. The summed E-state index contributed by atoms with van der Waals surface area (Å²) < 4.78 is 2.01. The van der Waals surface area contributed by atoms with E-state index in [1.54, 1.807) is 12.4 Å². The molecule has 1 aliphatic heterocycles. The van der Waals surface area contributed by atoms with Crippen molar-refractivity contribution in [2.75, 3.05) is 32.0 Å². The van der Waals surface area contributed by atoms with Gasteiger partial charge in [0.25, 0.3) is 0 Å². The van der Waals surface area contributed by atoms with E-state index in [2.05, 4.69) is 27.2 Å². The lowest BCUT2D eigenvalue weighted by molar-refractivity contribution is 0.110. The Balaban J connectivity index is 1.69. The fraction of sp³-hybridized carbons (Fsp3) is 0.438. The van der Waals surface area contributed by atoms with Gasteiger partial charge in [-0.2, -0.15) is 0 Å². The van der Waals surface area contributed by atoms with Crippen LogP contribution in [0.4, 0.5) is 10.5 Å². The number of carbonyl (C=O) groups is 1. The number of rotatable bonds is 2. The molecule has 0 saturated carbocycles. The quantitative estimate of drug-likeness (QED) is 0.915. The van der Waals surface area contributed by atoms with Gasteiger partial charge < -0.3 is 14.8 Å². The molecule has 1 aliphatic rings. The zero-order valence-corrected chi connectivity index (χ0v) is 13.7. The number of likely N-dealkylation sites (N-methyl/N-ethyl adjacent to an activating group) is 1. The highest BCUT2D eigenvalue weighted by Crippen LogP contribution is 2.22. The molecule has 3 rings (SSSR count). The van der Waals surface area contributed by atoms with Crippen LogP contribution in [0.3, 0.4) is 0 Å². The third-order valence-corrected chi connectivity index (χ3v) is 4.25. The molecule has 0 bridgehead atoms. The number of anilines is 1. The Morgan fingerprint density at radius 1 is 1.26 bits per heavy atom. The molecule has 1 N–H and O–H groups in total. The standard InChI is InChI=1S/C16H22N6O/c1-12-4-5-13(10-18-12)19-16(23)22-9-8-20(2)14(11-22)15-17-6-7-21(15)3/h4-7,10,14H,8-9,11H2,1-3H3,(H,19,23)/t14-/m1/s1. The second-order valence-corrected chi connectivity index (χ2v) is 5.96. The van der Waals surface area contributed by atoms with Gasteiger partial charge in [-0.25, -0.2) is 9.78 Å². The molecule has 0 aliphatic carbocycles. The number of aromatic nitrogens is 3. The lowest BCUT2D eigenvalue weighted by atomic mass is 10.1. The highest BCUT2D eigenvalue weighted by Gasteiger charge is 2.30. The fourth-order valence-corrected chi connectivity index (χ4v) is 2.78. The summed E-state index contributed by atoms with van der Waals surface area (Å²) in [5, 5.41) is 2.91. The molecule has 2 amide bonds. The Morgan fingerprint density at radius 3 is 2.74 bits per heavy atom. The largest absolute Gasteiger partial charge is 0.337 e. The van der Waals surface area contributed by atoms with Gasteiger partial charge in [-0.15, -0.1) is 0 Å². The molecule has 0 aromatic carbocycles. The van der Waals surface area contributed by atoms with Crippen LogP contribution in [-0.2, 0) is 7.05 Å². The van der Waals surface area contributed by atoms with Crippen molar-refractivity contribution in [3.05, 3.63) is 42.2 Å². The second-order valence-electron chi connectivity index (χ2n) is 5.96. The molecule has 3 heterocycles. The number of urea groups is 1. The maximum absolute atomic E-state index is 12.5. The van der Waals surface area contributed by atoms with Crippen molar-refractivity contribution in [2.24, 2.45) is 7.05 Å². The third-order valence-electron chi connectivity index (χ3n) is 4.25. The molecule has 1 saturated heterocycles. The van der Waals surface area contributed by atoms with Crippen LogP contribution in [0.2, 0.25) is 0 Å². The topological polar surface area (TPSA) is 66.3 Å². The minimum absolute atomic E-state index is 0.0945. The van der Waals surface area contributed by atoms with Crippen LogP contribution in [0.25, 0.3) is 0 Å². The van der Waals surface area contributed by atoms with Crippen molar-refractivity contribution in [1.82, 2.24) is 24.3 Å². The van der Waals surface area contributed by atoms with E-state index in [0.29, 0.717) is 18.8 Å². The second kappa shape index (κ2) is 6.37. The number of hydrogen-bond donors (Lipinski definition) is 1. The maximum atomic E-state index is 12.5. The first-order valence-electron chi connectivity index (χ1n) is 7.70. The average Bonchev–Trinajstić information content (AvgIpc) is 2.96. The smallest absolute Gasteiger partial charge is 0.321 e. The summed E-state index contributed by atoms with van der Waals surface area (Å²) in [7, 11) is 4.05. The minimum atomic E-state index is -0.0945. The number of hydrogen-bond acceptors (Lipinski definition) is 4. The van der Waals surface area contributed by atoms with Crippen LogP contribution in [0.1, 0.15) is 17.6 Å². The Kier molecular flexibility index (Phi) is 4.29. The molecule has 122 valence electrons. The molecular formula is C16H22N6O. The first-order chi connectivity index (χ1) is 11.0. The van der Waals surface area contributed by atoms with Crippen molar-refractivity contribution in [3.8, 4) is 0 Å². The van der Waals surface area contributed by atoms with Gasteiger partial charge in [0.05, 0.1) is 17.9 Å². The average molecular weight is 314 g/mol. The predicted molar refractivity (Wildman–Crippen MR) is 88.1 cm³/mol. The van der Waals surface area contributed by atoms with Crippen LogP contribution < -0.4 is 5.32 Å². The minimum Gasteiger partial charge on any atom is -0.337 e. The third kappa shape index (κ3) is 3.34. The number of carbonyl (C=O) groups excluding carboxylic acids is 1. The normalized spacial score (nSPS) is 18.9. The van der Waals surface area contributed by atoms with Gasteiger partial charge >= 0.3 is 6.03 Å². The van der Waals surface area contributed by atoms with Crippen LogP contribution in [-0.4, -0.2) is 57.0 Å². The van der Waals surface area contributed by atoms with Crippen LogP contribution in [0.5, 0.6) is 0 Å². The summed E-state index contributed by atoms with van der Waals surface area (Å²) in [6, 6.07) is 3.76. The lowest BCUT2D eigenvalue weighted by Gasteiger charge is -2.38. The van der Waals surface area contributed by atoms with Crippen molar-refractivity contribution in [2.45, 2.75) is 13.0 Å². The Hall–Kier alpha value is -2.41. The molecule has 2 aromatic heterocycles. The predicted octanol–water partition coefficient (Wildman–Crippen LogP) is 1.64. The highest BCUT2D eigenvalue weighted by atomic mass is 16.2. The zero-order valence-electron chi connectivity index (χ0n) is 13.7. The van der Waals surface area contributed by atoms with E-state index in [4.69, 9.17) is 0 Å². The van der Waals surface area contributed by atoms with Gasteiger partial charge in [-0.1, -0.05) is 0 Å². The molecule has 0 spiro atoms. The lowest BCUT2D eigenvalue weighted by Crippen LogP contribution is -2.50. The molecule has 1 fully saturated rings. The number of nitrogens with zero attached hydrogens (tertiary/aromatic N) is 5. The molecule has 0 radical (unpaired) electrons. The fourth-order valence-electron chi connectivity index (χ4n) is 2.78. The van der Waals surface area contributed by atoms with E-state index in [0.717, 1.165) is 18.1 Å². The van der Waals surface area contributed by atoms with E-state index >= 15 is 0 Å². The van der Waals surface area contributed by atoms with Gasteiger partial charge in [-0.3, -0.25) is 9.88 Å². The van der Waals surface area contributed by atoms with Crippen LogP contribution in [0, 0.1) is 6.92 Å². The summed E-state index contributed by atoms with van der Waals surface area (Å²) in [5.74, 6) is 0.974. The summed E-state index contributed by atoms with van der Waals surface area (Å²) in [4.78, 5) is 25.2. The molecule has 2 aromatic rings. The van der Waals surface area contributed by atoms with Crippen LogP contribution in [0.15, 0.2) is 30.7 Å². The SMILES string of the molecule is Cc1ccc(NC(=O)N2CCN(C)[C@@H](c3nccn3C)C2)cn1. The van der Waals surface area contributed by atoms with Gasteiger partial charge in [0.2, 0.25) is 0 Å². The number of aryl methyl sites for hydroxylation is 2. The Morgan fingerprint density at radius 2 is 2.09 bits per heavy atom. The zero-order chi connectivity index (χ0) is 16.4. The van der Waals surface area contributed by atoms with Crippen molar-refractivity contribution in [1.29, 1.82) is 0 Å². The first-order valence-corrected chi connectivity index (χ1v) is 7.70. The molecule has 7 nitrogen and oxygen atoms in total. The van der Waals surface area contributed by atoms with Crippen molar-refractivity contribution in [3.63, 3.8) is 0 Å². The van der Waals surface area contributed by atoms with Gasteiger partial charge in [0.1, 0.15) is 5.82 Å². The van der Waals surface area contributed by atoms with Gasteiger partial charge in [0, 0.05) is 44.8 Å². The number of piperazine rings is 1. The number of nitrogens with one attached hydrogen (secondary N) is 1. The number of imidazole rings is 1. The molecule has 0 unspecified atom stereocenters. The summed E-state index contributed by atoms with van der Waals surface area (Å²) in [5.41, 5.74) is 1.64. The Labute approximate surface area is 135 Å². The van der Waals surface area contributed by atoms with Crippen molar-refractivity contribution >= 4 is 11.7 Å². The van der Waals surface area contributed by atoms with Gasteiger partial charge in [-0.05, 0) is 26.1 Å². The first kappa shape index (κ1) is 15.5. The molecule has 1 atom stereocenters. The summed E-state index contributed by atoms with van der Waals surface area (Å²) in [6.45, 7) is 4.05. The number of amides is 2. The Bertz CT molecular complexity index is 680. The number of pyridine rings is 1. The van der Waals surface area contributed by atoms with E-state index in [9.17, 15) is 4.79 Å². The van der Waals surface area contributed by atoms with E-state index < -0.39 is 0 Å². The summed E-state index contributed by atoms with van der Waals surface area (Å²) >= 11 is 0. The van der Waals surface area contributed by atoms with Crippen molar-refractivity contribution < 1.29 is 4.79 Å². The monoisotopic (exact) mass is 314 g/mol. The highest BCUT2D eigenvalue weighted by molar-refractivity contribution is 5.89.